The number of carboxylic acid groups (broad SMARTS) is 1. The first-order valence-corrected chi connectivity index (χ1v) is 10.6. The largest absolute Gasteiger partial charge is 0.497 e. The lowest BCUT2D eigenvalue weighted by atomic mass is 10.1. The number of thioether (sulfide) groups is 1. The predicted molar refractivity (Wildman–Crippen MR) is 114 cm³/mol. The number of aliphatic carboxylic acids is 1. The molecule has 1 aliphatic rings. The number of hydrogen-bond acceptors (Lipinski definition) is 6. The number of aryl methyl sites for hydroxylation is 2. The maximum absolute atomic E-state index is 11.2. The maximum atomic E-state index is 11.2. The first-order chi connectivity index (χ1) is 13.9. The van der Waals surface area contributed by atoms with Crippen LogP contribution in [0.4, 0.5) is 0 Å². The summed E-state index contributed by atoms with van der Waals surface area (Å²) in [5.41, 5.74) is 4.33. The van der Waals surface area contributed by atoms with Gasteiger partial charge in [0.2, 0.25) is 0 Å². The van der Waals surface area contributed by atoms with Crippen molar-refractivity contribution in [2.24, 2.45) is 0 Å². The fourth-order valence-electron chi connectivity index (χ4n) is 3.22. The highest BCUT2D eigenvalue weighted by Gasteiger charge is 2.32. The van der Waals surface area contributed by atoms with Gasteiger partial charge < -0.3 is 19.3 Å². The molecule has 0 spiro atoms. The Labute approximate surface area is 175 Å². The molecule has 3 rings (SSSR count). The zero-order chi connectivity index (χ0) is 21.0. The number of hydrogen-bond donors (Lipinski definition) is 2. The summed E-state index contributed by atoms with van der Waals surface area (Å²) in [6.45, 7) is 6.93. The van der Waals surface area contributed by atoms with Crippen LogP contribution in [0.5, 0.6) is 17.2 Å². The highest BCUT2D eigenvalue weighted by atomic mass is 32.2. The molecule has 1 fully saturated rings. The van der Waals surface area contributed by atoms with Gasteiger partial charge in [0.15, 0.2) is 0 Å². The van der Waals surface area contributed by atoms with Crippen LogP contribution in [0.15, 0.2) is 30.3 Å². The Morgan fingerprint density at radius 2 is 1.86 bits per heavy atom. The van der Waals surface area contributed by atoms with Crippen molar-refractivity contribution in [1.29, 1.82) is 0 Å². The smallest absolute Gasteiger partial charge is 0.321 e. The second-order valence-electron chi connectivity index (χ2n) is 7.03. The molecule has 1 heterocycles. The van der Waals surface area contributed by atoms with Gasteiger partial charge in [-0.2, -0.15) is 0 Å². The van der Waals surface area contributed by atoms with E-state index in [0.29, 0.717) is 30.5 Å². The minimum atomic E-state index is -0.840. The van der Waals surface area contributed by atoms with E-state index in [0.717, 1.165) is 22.4 Å². The van der Waals surface area contributed by atoms with Crippen molar-refractivity contribution < 1.29 is 24.1 Å². The SMILES string of the molecule is COc1ccc(C2NC(C(=O)O)CS2)c(OCCOc2c(C)ccc(C)c2C)c1. The molecule has 2 N–H and O–H groups in total. The van der Waals surface area contributed by atoms with Gasteiger partial charge in [-0.15, -0.1) is 11.8 Å². The number of rotatable bonds is 8. The van der Waals surface area contributed by atoms with Crippen LogP contribution < -0.4 is 19.5 Å². The third-order valence-electron chi connectivity index (χ3n) is 5.04. The van der Waals surface area contributed by atoms with Crippen LogP contribution in [0.3, 0.4) is 0 Å². The molecule has 2 atom stereocenters. The van der Waals surface area contributed by atoms with Gasteiger partial charge in [0.25, 0.3) is 0 Å². The third-order valence-corrected chi connectivity index (χ3v) is 6.29. The van der Waals surface area contributed by atoms with Crippen LogP contribution in [0.1, 0.15) is 27.6 Å². The van der Waals surface area contributed by atoms with E-state index in [-0.39, 0.29) is 5.37 Å². The van der Waals surface area contributed by atoms with Crippen molar-refractivity contribution in [2.45, 2.75) is 32.2 Å². The van der Waals surface area contributed by atoms with Crippen LogP contribution in [0.25, 0.3) is 0 Å². The zero-order valence-electron chi connectivity index (χ0n) is 17.2. The fraction of sp³-hybridized carbons (Fsp3) is 0.409. The van der Waals surface area contributed by atoms with E-state index in [1.165, 1.54) is 5.56 Å². The lowest BCUT2D eigenvalue weighted by molar-refractivity contribution is -0.138. The van der Waals surface area contributed by atoms with E-state index in [4.69, 9.17) is 14.2 Å². The molecule has 29 heavy (non-hydrogen) atoms. The Bertz CT molecular complexity index is 886. The van der Waals surface area contributed by atoms with Gasteiger partial charge in [-0.1, -0.05) is 12.1 Å². The van der Waals surface area contributed by atoms with E-state index < -0.39 is 12.0 Å². The molecule has 0 radical (unpaired) electrons. The summed E-state index contributed by atoms with van der Waals surface area (Å²) in [6.07, 6.45) is 0. The Morgan fingerprint density at radius 3 is 2.55 bits per heavy atom. The summed E-state index contributed by atoms with van der Waals surface area (Å²) < 4.78 is 17.3. The van der Waals surface area contributed by atoms with Gasteiger partial charge in [-0.3, -0.25) is 10.1 Å². The Kier molecular flexibility index (Phi) is 6.92. The predicted octanol–water partition coefficient (Wildman–Crippen LogP) is 3.87. The Balaban J connectivity index is 1.67. The molecule has 0 saturated carbocycles. The van der Waals surface area contributed by atoms with Crippen LogP contribution >= 0.6 is 11.8 Å². The number of nitrogens with one attached hydrogen (secondary N) is 1. The van der Waals surface area contributed by atoms with E-state index in [1.807, 2.05) is 25.1 Å². The molecule has 2 aromatic carbocycles. The quantitative estimate of drug-likeness (QED) is 0.632. The average Bonchev–Trinajstić information content (AvgIpc) is 3.20. The Hall–Kier alpha value is -2.38. The minimum Gasteiger partial charge on any atom is -0.497 e. The molecule has 2 aromatic rings. The highest BCUT2D eigenvalue weighted by molar-refractivity contribution is 7.99. The molecule has 7 heteroatoms. The van der Waals surface area contributed by atoms with E-state index >= 15 is 0 Å². The van der Waals surface area contributed by atoms with Crippen LogP contribution in [0.2, 0.25) is 0 Å². The van der Waals surface area contributed by atoms with Crippen molar-refractivity contribution >= 4 is 17.7 Å². The summed E-state index contributed by atoms with van der Waals surface area (Å²) in [4.78, 5) is 11.2. The first-order valence-electron chi connectivity index (χ1n) is 9.51. The summed E-state index contributed by atoms with van der Waals surface area (Å²) in [5.74, 6) is 1.93. The summed E-state index contributed by atoms with van der Waals surface area (Å²) in [5, 5.41) is 12.2. The minimum absolute atomic E-state index is 0.140. The number of ether oxygens (including phenoxy) is 3. The monoisotopic (exact) mass is 417 g/mol. The lowest BCUT2D eigenvalue weighted by Crippen LogP contribution is -2.33. The second kappa shape index (κ2) is 9.41. The number of benzene rings is 2. The van der Waals surface area contributed by atoms with Crippen molar-refractivity contribution in [3.63, 3.8) is 0 Å². The third kappa shape index (κ3) is 4.97. The summed E-state index contributed by atoms with van der Waals surface area (Å²) in [7, 11) is 1.61. The molecular formula is C22H27NO5S. The normalized spacial score (nSPS) is 18.5. The molecule has 0 amide bonds. The highest BCUT2D eigenvalue weighted by Crippen LogP contribution is 2.39. The molecule has 6 nitrogen and oxygen atoms in total. The first kappa shape index (κ1) is 21.3. The van der Waals surface area contributed by atoms with Gasteiger partial charge in [0, 0.05) is 17.4 Å². The molecule has 0 aromatic heterocycles. The van der Waals surface area contributed by atoms with Crippen molar-refractivity contribution in [2.75, 3.05) is 26.1 Å². The molecular weight excluding hydrogens is 390 g/mol. The lowest BCUT2D eigenvalue weighted by Gasteiger charge is -2.18. The number of carboxylic acids is 1. The van der Waals surface area contributed by atoms with Crippen LogP contribution in [-0.4, -0.2) is 43.2 Å². The van der Waals surface area contributed by atoms with Crippen molar-refractivity contribution in [1.82, 2.24) is 5.32 Å². The van der Waals surface area contributed by atoms with Gasteiger partial charge in [0.1, 0.15) is 36.5 Å². The van der Waals surface area contributed by atoms with E-state index in [9.17, 15) is 9.90 Å². The van der Waals surface area contributed by atoms with Gasteiger partial charge in [-0.25, -0.2) is 0 Å². The van der Waals surface area contributed by atoms with Gasteiger partial charge in [0.05, 0.1) is 12.5 Å². The van der Waals surface area contributed by atoms with Crippen molar-refractivity contribution in [3.05, 3.63) is 52.6 Å². The van der Waals surface area contributed by atoms with Gasteiger partial charge >= 0.3 is 5.97 Å². The van der Waals surface area contributed by atoms with Gasteiger partial charge in [-0.05, 0) is 49.6 Å². The molecule has 2 unspecified atom stereocenters. The molecule has 0 bridgehead atoms. The standard InChI is InChI=1S/C22H27NO5S/c1-13-5-6-14(2)20(15(13)3)28-10-9-27-19-11-16(26-4)7-8-17(19)21-23-18(12-29-21)22(24)25/h5-8,11,18,21,23H,9-10,12H2,1-4H3,(H,24,25). The maximum Gasteiger partial charge on any atom is 0.321 e. The topological polar surface area (TPSA) is 77.0 Å². The molecule has 0 aliphatic carbocycles. The molecule has 1 saturated heterocycles. The fourth-order valence-corrected chi connectivity index (χ4v) is 4.48. The zero-order valence-corrected chi connectivity index (χ0v) is 18.0. The second-order valence-corrected chi connectivity index (χ2v) is 8.16. The molecule has 1 aliphatic heterocycles. The molecule has 156 valence electrons. The number of carbonyl (C=O) groups is 1. The number of methoxy groups -OCH3 is 1. The summed E-state index contributed by atoms with van der Waals surface area (Å²) in [6, 6.07) is 9.19. The van der Waals surface area contributed by atoms with E-state index in [2.05, 4.69) is 31.3 Å². The van der Waals surface area contributed by atoms with Crippen LogP contribution in [-0.2, 0) is 4.79 Å². The van der Waals surface area contributed by atoms with E-state index in [1.54, 1.807) is 18.9 Å². The van der Waals surface area contributed by atoms with Crippen LogP contribution in [0, 0.1) is 20.8 Å². The average molecular weight is 418 g/mol. The summed E-state index contributed by atoms with van der Waals surface area (Å²) >= 11 is 1.56. The Morgan fingerprint density at radius 1 is 1.14 bits per heavy atom. The van der Waals surface area contributed by atoms with Crippen molar-refractivity contribution in [3.8, 4) is 17.2 Å².